The zero-order chi connectivity index (χ0) is 22.5. The number of fused-ring (bicyclic) bond motifs is 7. The molecule has 1 nitrogen and oxygen atoms in total. The number of allylic oxidation sites excluding steroid dienone is 1. The Morgan fingerprint density at radius 2 is 1.65 bits per heavy atom. The summed E-state index contributed by atoms with van der Waals surface area (Å²) in [6.07, 6.45) is 20.3. The van der Waals surface area contributed by atoms with Gasteiger partial charge in [0.15, 0.2) is 0 Å². The second-order valence-electron chi connectivity index (χ2n) is 13.2. The minimum Gasteiger partial charge on any atom is -0.325 e. The van der Waals surface area contributed by atoms with E-state index in [-0.39, 0.29) is 6.97 Å². The van der Waals surface area contributed by atoms with Crippen LogP contribution in [-0.2, 0) is 0 Å². The zero-order valence-electron chi connectivity index (χ0n) is 21.1. The maximum atomic E-state index is 7.58. The lowest BCUT2D eigenvalue weighted by atomic mass is 9.38. The van der Waals surface area contributed by atoms with Crippen LogP contribution >= 0.6 is 12.6 Å². The molecule has 8 atom stereocenters. The predicted octanol–water partition coefficient (Wildman–Crippen LogP) is 8.29. The maximum Gasteiger partial charge on any atom is 0.0219 e. The van der Waals surface area contributed by atoms with Crippen LogP contribution < -0.4 is 5.73 Å². The van der Waals surface area contributed by atoms with Gasteiger partial charge >= 0.3 is 0 Å². The van der Waals surface area contributed by atoms with Gasteiger partial charge in [-0.25, -0.2) is 0 Å². The van der Waals surface area contributed by atoms with Crippen molar-refractivity contribution in [2.75, 3.05) is 5.75 Å². The van der Waals surface area contributed by atoms with E-state index in [9.17, 15) is 0 Å². The fraction of sp³-hybridized carbons (Fsp3) is 0.931. The van der Waals surface area contributed by atoms with Crippen LogP contribution in [-0.4, -0.2) is 11.3 Å². The molecule has 31 heavy (non-hydrogen) atoms. The van der Waals surface area contributed by atoms with Gasteiger partial charge in [-0.15, -0.1) is 6.58 Å². The first kappa shape index (κ1) is 24.2. The summed E-state index contributed by atoms with van der Waals surface area (Å²) in [6, 6.07) is 0. The number of hydrogen-bond donors (Lipinski definition) is 2. The van der Waals surface area contributed by atoms with Gasteiger partial charge in [-0.05, 0) is 129 Å². The first-order chi connectivity index (χ1) is 14.7. The average molecular weight is 448 g/mol. The zero-order valence-corrected chi connectivity index (χ0v) is 22.0. The maximum absolute atomic E-state index is 7.58. The summed E-state index contributed by atoms with van der Waals surface area (Å²) in [5.41, 5.74) is 9.37. The SMILES string of the molecule is C=CC.CC1(C)CCCC2(C)C1CCC1(N)C3CCC4(CCS)CCCC4C3CCC21.[HH]. The van der Waals surface area contributed by atoms with E-state index in [4.69, 9.17) is 5.73 Å². The van der Waals surface area contributed by atoms with E-state index in [2.05, 4.69) is 40.0 Å². The largest absolute Gasteiger partial charge is 0.325 e. The van der Waals surface area contributed by atoms with Crippen molar-refractivity contribution in [3.05, 3.63) is 12.7 Å². The van der Waals surface area contributed by atoms with Crippen LogP contribution in [0, 0.1) is 45.8 Å². The summed E-state index contributed by atoms with van der Waals surface area (Å²) in [5, 5.41) is 0. The highest BCUT2D eigenvalue weighted by Gasteiger charge is 2.65. The fourth-order valence-corrected chi connectivity index (χ4v) is 11.1. The van der Waals surface area contributed by atoms with Gasteiger partial charge in [0.2, 0.25) is 0 Å². The van der Waals surface area contributed by atoms with Crippen molar-refractivity contribution in [3.8, 4) is 0 Å². The molecule has 0 heterocycles. The third-order valence-corrected chi connectivity index (χ3v) is 11.9. The summed E-state index contributed by atoms with van der Waals surface area (Å²) in [6.45, 7) is 13.1. The molecule has 8 unspecified atom stereocenters. The second kappa shape index (κ2) is 8.68. The van der Waals surface area contributed by atoms with Crippen LogP contribution in [0.4, 0.5) is 0 Å². The van der Waals surface area contributed by atoms with E-state index < -0.39 is 0 Å². The van der Waals surface area contributed by atoms with E-state index in [1.165, 1.54) is 83.5 Å². The lowest BCUT2D eigenvalue weighted by Crippen LogP contribution is -2.69. The molecule has 180 valence electrons. The first-order valence-corrected chi connectivity index (χ1v) is 14.3. The Morgan fingerprint density at radius 3 is 2.35 bits per heavy atom. The van der Waals surface area contributed by atoms with Crippen LogP contribution in [0.3, 0.4) is 0 Å². The normalized spacial score (nSPS) is 50.1. The Kier molecular flexibility index (Phi) is 6.77. The van der Waals surface area contributed by atoms with Gasteiger partial charge in [-0.1, -0.05) is 39.7 Å². The van der Waals surface area contributed by atoms with Gasteiger partial charge in [0.25, 0.3) is 0 Å². The Balaban J connectivity index is 0.000000686. The van der Waals surface area contributed by atoms with Crippen molar-refractivity contribution >= 4 is 12.6 Å². The molecule has 5 fully saturated rings. The molecule has 0 aliphatic heterocycles. The number of hydrogen-bond acceptors (Lipinski definition) is 2. The Labute approximate surface area is 200 Å². The second-order valence-corrected chi connectivity index (χ2v) is 13.7. The topological polar surface area (TPSA) is 26.0 Å². The molecule has 0 aromatic heterocycles. The van der Waals surface area contributed by atoms with Crippen LogP contribution in [0.2, 0.25) is 0 Å². The third-order valence-electron chi connectivity index (χ3n) is 11.6. The Morgan fingerprint density at radius 1 is 0.903 bits per heavy atom. The summed E-state index contributed by atoms with van der Waals surface area (Å²) in [4.78, 5) is 0. The molecule has 0 saturated heterocycles. The summed E-state index contributed by atoms with van der Waals surface area (Å²) in [7, 11) is 0. The third kappa shape index (κ3) is 3.69. The minimum absolute atomic E-state index is 0. The monoisotopic (exact) mass is 447 g/mol. The average Bonchev–Trinajstić information content (AvgIpc) is 3.12. The molecule has 0 spiro atoms. The van der Waals surface area contributed by atoms with E-state index in [0.29, 0.717) is 16.2 Å². The highest BCUT2D eigenvalue weighted by atomic mass is 32.1. The van der Waals surface area contributed by atoms with Crippen molar-refractivity contribution < 1.29 is 1.43 Å². The molecule has 5 aliphatic carbocycles. The van der Waals surface area contributed by atoms with Crippen molar-refractivity contribution in [3.63, 3.8) is 0 Å². The predicted molar refractivity (Wildman–Crippen MR) is 141 cm³/mol. The standard InChI is InChI=1S/C26H45NS.C3H6.H2/c1-23(2)11-5-12-24(3)21(23)10-15-26(27)20-9-14-25(16-17-28)13-4-6-19(25)18(20)7-8-22(24)26;1-3-2;/h18-22,28H,4-17,27H2,1-3H3;3H,1H2,2H3;1H. The number of rotatable bonds is 2. The molecule has 5 aliphatic rings. The molecule has 2 N–H and O–H groups in total. The quantitative estimate of drug-likeness (QED) is 0.323. The van der Waals surface area contributed by atoms with E-state index in [1.807, 2.05) is 6.92 Å². The van der Waals surface area contributed by atoms with Gasteiger partial charge < -0.3 is 5.73 Å². The van der Waals surface area contributed by atoms with Gasteiger partial charge in [0, 0.05) is 6.97 Å². The van der Waals surface area contributed by atoms with Crippen molar-refractivity contribution in [1.82, 2.24) is 0 Å². The molecule has 0 amide bonds. The Hall–Kier alpha value is 0.0500. The number of nitrogens with two attached hydrogens (primary N) is 1. The van der Waals surface area contributed by atoms with Gasteiger partial charge in [-0.2, -0.15) is 12.6 Å². The fourth-order valence-electron chi connectivity index (χ4n) is 10.7. The van der Waals surface area contributed by atoms with Crippen LogP contribution in [0.1, 0.15) is 113 Å². The van der Waals surface area contributed by atoms with Crippen molar-refractivity contribution in [1.29, 1.82) is 0 Å². The molecule has 0 aromatic rings. The summed E-state index contributed by atoms with van der Waals surface area (Å²) >= 11 is 4.67. The minimum atomic E-state index is 0. The Bertz CT molecular complexity index is 664. The molecule has 0 bridgehead atoms. The highest BCUT2D eigenvalue weighted by Crippen LogP contribution is 2.70. The molecule has 0 radical (unpaired) electrons. The molecule has 0 aromatic carbocycles. The van der Waals surface area contributed by atoms with E-state index >= 15 is 0 Å². The summed E-state index contributed by atoms with van der Waals surface area (Å²) in [5.74, 6) is 5.45. The van der Waals surface area contributed by atoms with Crippen LogP contribution in [0.15, 0.2) is 12.7 Å². The van der Waals surface area contributed by atoms with Crippen LogP contribution in [0.5, 0.6) is 0 Å². The smallest absolute Gasteiger partial charge is 0.0219 e. The molecule has 5 saturated carbocycles. The summed E-state index contributed by atoms with van der Waals surface area (Å²) < 4.78 is 0. The lowest BCUT2D eigenvalue weighted by Gasteiger charge is -2.68. The van der Waals surface area contributed by atoms with Crippen molar-refractivity contribution in [2.45, 2.75) is 117 Å². The number of thiol groups is 1. The first-order valence-electron chi connectivity index (χ1n) is 13.7. The molecule has 2 heteroatoms. The van der Waals surface area contributed by atoms with Crippen molar-refractivity contribution in [2.24, 2.45) is 51.6 Å². The van der Waals surface area contributed by atoms with Gasteiger partial charge in [0.1, 0.15) is 0 Å². The molecular weight excluding hydrogens is 394 g/mol. The van der Waals surface area contributed by atoms with E-state index in [1.54, 1.807) is 6.08 Å². The van der Waals surface area contributed by atoms with Gasteiger partial charge in [-0.3, -0.25) is 0 Å². The van der Waals surface area contributed by atoms with Gasteiger partial charge in [0.05, 0.1) is 0 Å². The molecule has 5 rings (SSSR count). The lowest BCUT2D eigenvalue weighted by molar-refractivity contribution is -0.164. The highest BCUT2D eigenvalue weighted by molar-refractivity contribution is 7.80. The molecular formula is C29H53NS. The van der Waals surface area contributed by atoms with E-state index in [0.717, 1.165) is 35.3 Å². The van der Waals surface area contributed by atoms with Crippen LogP contribution in [0.25, 0.3) is 0 Å².